The van der Waals surface area contributed by atoms with Crippen LogP contribution in [0.1, 0.15) is 86.0 Å². The molecule has 0 aromatic rings. The molecular formula is C30H44F3NO6. The lowest BCUT2D eigenvalue weighted by Crippen LogP contribution is -2.43. The fourth-order valence-electron chi connectivity index (χ4n) is 5.58. The SMILES string of the molecule is CCC(C)(C)C(=O)OC1CC(C)C=C2C=CC(C)C(CCC(O)CC(CC(=O)NC3CC3)OC(=O)C(F)(F)F)C21. The van der Waals surface area contributed by atoms with E-state index in [0.717, 1.165) is 18.4 Å². The smallest absolute Gasteiger partial charge is 0.461 e. The van der Waals surface area contributed by atoms with Gasteiger partial charge in [0, 0.05) is 18.4 Å². The van der Waals surface area contributed by atoms with E-state index in [-0.39, 0.29) is 54.6 Å². The second kappa shape index (κ2) is 13.1. The van der Waals surface area contributed by atoms with Crippen molar-refractivity contribution in [3.63, 3.8) is 0 Å². The summed E-state index contributed by atoms with van der Waals surface area (Å²) in [5.74, 6) is -2.82. The monoisotopic (exact) mass is 571 g/mol. The van der Waals surface area contributed by atoms with Crippen LogP contribution in [-0.4, -0.2) is 53.5 Å². The largest absolute Gasteiger partial charge is 0.490 e. The second-order valence-corrected chi connectivity index (χ2v) is 12.5. The number of esters is 2. The summed E-state index contributed by atoms with van der Waals surface area (Å²) < 4.78 is 49.3. The Morgan fingerprint density at radius 3 is 2.42 bits per heavy atom. The molecule has 0 spiro atoms. The average Bonchev–Trinajstić information content (AvgIpc) is 3.66. The molecule has 1 fully saturated rings. The summed E-state index contributed by atoms with van der Waals surface area (Å²) in [6, 6.07) is 0.00245. The lowest BCUT2D eigenvalue weighted by atomic mass is 9.65. The van der Waals surface area contributed by atoms with Gasteiger partial charge in [0.25, 0.3) is 0 Å². The zero-order chi connectivity index (χ0) is 29.8. The summed E-state index contributed by atoms with van der Waals surface area (Å²) in [6.07, 6.45) is 1.31. The van der Waals surface area contributed by atoms with E-state index in [9.17, 15) is 32.7 Å². The Balaban J connectivity index is 1.69. The Labute approximate surface area is 234 Å². The number of rotatable bonds is 12. The molecule has 1 amide bonds. The van der Waals surface area contributed by atoms with E-state index in [0.29, 0.717) is 19.3 Å². The molecule has 0 saturated heterocycles. The highest BCUT2D eigenvalue weighted by Gasteiger charge is 2.44. The fourth-order valence-corrected chi connectivity index (χ4v) is 5.58. The van der Waals surface area contributed by atoms with E-state index in [2.05, 4.69) is 42.1 Å². The van der Waals surface area contributed by atoms with Crippen LogP contribution in [0.3, 0.4) is 0 Å². The summed E-state index contributed by atoms with van der Waals surface area (Å²) in [5.41, 5.74) is 0.485. The molecule has 7 nitrogen and oxygen atoms in total. The van der Waals surface area contributed by atoms with Gasteiger partial charge in [-0.05, 0) is 75.7 Å². The maximum atomic E-state index is 13.0. The highest BCUT2D eigenvalue weighted by molar-refractivity contribution is 5.79. The maximum absolute atomic E-state index is 13.0. The first kappa shape index (κ1) is 32.2. The normalized spacial score (nSPS) is 28.1. The van der Waals surface area contributed by atoms with Gasteiger partial charge in [0.2, 0.25) is 5.91 Å². The van der Waals surface area contributed by atoms with E-state index in [1.807, 2.05) is 20.8 Å². The molecule has 1 saturated carbocycles. The number of halogens is 3. The molecule has 40 heavy (non-hydrogen) atoms. The van der Waals surface area contributed by atoms with Crippen molar-refractivity contribution < 1.29 is 42.1 Å². The number of carbonyl (C=O) groups is 3. The van der Waals surface area contributed by atoms with Gasteiger partial charge in [-0.3, -0.25) is 9.59 Å². The van der Waals surface area contributed by atoms with Crippen LogP contribution in [0.15, 0.2) is 23.8 Å². The Morgan fingerprint density at radius 2 is 1.82 bits per heavy atom. The van der Waals surface area contributed by atoms with Crippen LogP contribution in [0, 0.1) is 29.1 Å². The first-order valence-corrected chi connectivity index (χ1v) is 14.5. The molecule has 3 aliphatic rings. The van der Waals surface area contributed by atoms with Gasteiger partial charge >= 0.3 is 18.1 Å². The molecule has 10 heteroatoms. The van der Waals surface area contributed by atoms with Gasteiger partial charge in [-0.2, -0.15) is 13.2 Å². The minimum atomic E-state index is -5.19. The summed E-state index contributed by atoms with van der Waals surface area (Å²) >= 11 is 0. The van der Waals surface area contributed by atoms with E-state index in [4.69, 9.17) is 4.74 Å². The molecule has 2 N–H and O–H groups in total. The predicted octanol–water partition coefficient (Wildman–Crippen LogP) is 5.41. The van der Waals surface area contributed by atoms with E-state index in [1.165, 1.54) is 0 Å². The number of aliphatic hydroxyl groups is 1. The van der Waals surface area contributed by atoms with Crippen LogP contribution in [0.4, 0.5) is 13.2 Å². The molecule has 7 atom stereocenters. The average molecular weight is 572 g/mol. The molecule has 3 aliphatic carbocycles. The fraction of sp³-hybridized carbons (Fsp3) is 0.767. The van der Waals surface area contributed by atoms with Crippen molar-refractivity contribution in [1.82, 2.24) is 5.32 Å². The summed E-state index contributed by atoms with van der Waals surface area (Å²) in [7, 11) is 0. The minimum Gasteiger partial charge on any atom is -0.461 e. The van der Waals surface area contributed by atoms with Gasteiger partial charge in [0.05, 0.1) is 17.9 Å². The number of hydrogen-bond donors (Lipinski definition) is 2. The summed E-state index contributed by atoms with van der Waals surface area (Å²) in [6.45, 7) is 9.82. The molecule has 0 aromatic heterocycles. The Bertz CT molecular complexity index is 986. The topological polar surface area (TPSA) is 102 Å². The Kier molecular flexibility index (Phi) is 10.5. The number of fused-ring (bicyclic) bond motifs is 1. The lowest BCUT2D eigenvalue weighted by molar-refractivity contribution is -0.206. The third kappa shape index (κ3) is 8.82. The Hall–Kier alpha value is -2.36. The van der Waals surface area contributed by atoms with Gasteiger partial charge in [0.15, 0.2) is 0 Å². The molecule has 0 aliphatic heterocycles. The van der Waals surface area contributed by atoms with Crippen LogP contribution in [0.2, 0.25) is 0 Å². The van der Waals surface area contributed by atoms with Gasteiger partial charge in [-0.15, -0.1) is 0 Å². The maximum Gasteiger partial charge on any atom is 0.490 e. The lowest BCUT2D eigenvalue weighted by Gasteiger charge is -2.44. The van der Waals surface area contributed by atoms with Crippen LogP contribution in [-0.2, 0) is 23.9 Å². The number of hydrogen-bond acceptors (Lipinski definition) is 6. The number of nitrogens with one attached hydrogen (secondary N) is 1. The van der Waals surface area contributed by atoms with E-state index < -0.39 is 42.1 Å². The van der Waals surface area contributed by atoms with Gasteiger partial charge in [-0.1, -0.05) is 39.0 Å². The molecule has 0 bridgehead atoms. The van der Waals surface area contributed by atoms with Crippen LogP contribution in [0.25, 0.3) is 0 Å². The predicted molar refractivity (Wildman–Crippen MR) is 143 cm³/mol. The molecule has 0 radical (unpaired) electrons. The zero-order valence-electron chi connectivity index (χ0n) is 24.1. The molecule has 226 valence electrons. The zero-order valence-corrected chi connectivity index (χ0v) is 24.1. The van der Waals surface area contributed by atoms with Crippen molar-refractivity contribution in [2.24, 2.45) is 29.1 Å². The highest BCUT2D eigenvalue weighted by atomic mass is 19.4. The number of allylic oxidation sites excluding steroid dienone is 3. The number of aliphatic hydroxyl groups excluding tert-OH is 1. The number of ether oxygens (including phenoxy) is 2. The van der Waals surface area contributed by atoms with Crippen LogP contribution in [0.5, 0.6) is 0 Å². The first-order chi connectivity index (χ1) is 18.6. The molecule has 0 heterocycles. The van der Waals surface area contributed by atoms with E-state index >= 15 is 0 Å². The minimum absolute atomic E-state index is 0.00245. The second-order valence-electron chi connectivity index (χ2n) is 12.5. The molecule has 0 aromatic carbocycles. The van der Waals surface area contributed by atoms with Crippen molar-refractivity contribution in [2.45, 2.75) is 117 Å². The van der Waals surface area contributed by atoms with Gasteiger partial charge < -0.3 is 19.9 Å². The van der Waals surface area contributed by atoms with Crippen LogP contribution < -0.4 is 5.32 Å². The van der Waals surface area contributed by atoms with Crippen molar-refractivity contribution >= 4 is 17.8 Å². The molecular weight excluding hydrogens is 527 g/mol. The third-order valence-electron chi connectivity index (χ3n) is 8.52. The first-order valence-electron chi connectivity index (χ1n) is 14.5. The summed E-state index contributed by atoms with van der Waals surface area (Å²) in [4.78, 5) is 36.7. The highest BCUT2D eigenvalue weighted by Crippen LogP contribution is 2.45. The number of amides is 1. The third-order valence-corrected chi connectivity index (χ3v) is 8.52. The summed E-state index contributed by atoms with van der Waals surface area (Å²) in [5, 5.41) is 13.5. The Morgan fingerprint density at radius 1 is 1.15 bits per heavy atom. The van der Waals surface area contributed by atoms with Gasteiger partial charge in [0.1, 0.15) is 12.2 Å². The quantitative estimate of drug-likeness (QED) is 0.304. The number of alkyl halides is 3. The van der Waals surface area contributed by atoms with Crippen molar-refractivity contribution in [3.05, 3.63) is 23.8 Å². The number of carbonyl (C=O) groups excluding carboxylic acids is 3. The molecule has 7 unspecified atom stereocenters. The van der Waals surface area contributed by atoms with Crippen LogP contribution >= 0.6 is 0 Å². The van der Waals surface area contributed by atoms with E-state index in [1.54, 1.807) is 0 Å². The standard InChI is InChI=1S/C30H44F3NO6/c1-6-29(4,5)27(37)40-24-14-17(2)13-19-8-7-18(3)23(26(19)24)12-11-21(35)15-22(39-28(38)30(31,32)33)16-25(36)34-20-9-10-20/h7-8,13,17-18,20-24,26,35H,6,9-12,14-16H2,1-5H3,(H,34,36). The van der Waals surface area contributed by atoms with Crippen molar-refractivity contribution in [1.29, 1.82) is 0 Å². The van der Waals surface area contributed by atoms with Crippen molar-refractivity contribution in [2.75, 3.05) is 0 Å². The molecule has 3 rings (SSSR count). The van der Waals surface area contributed by atoms with Crippen molar-refractivity contribution in [3.8, 4) is 0 Å². The van der Waals surface area contributed by atoms with Gasteiger partial charge in [-0.25, -0.2) is 4.79 Å².